The Morgan fingerprint density at radius 3 is 2.29 bits per heavy atom. The average molecular weight is 191 g/mol. The summed E-state index contributed by atoms with van der Waals surface area (Å²) in [7, 11) is 0. The van der Waals surface area contributed by atoms with Crippen LogP contribution in [-0.2, 0) is 0 Å². The molecule has 0 radical (unpaired) electrons. The second-order valence-corrected chi connectivity index (χ2v) is 3.58. The Morgan fingerprint density at radius 2 is 1.79 bits per heavy atom. The molecule has 0 spiro atoms. The van der Waals surface area contributed by atoms with E-state index in [1.807, 2.05) is 32.9 Å². The van der Waals surface area contributed by atoms with Crippen molar-refractivity contribution in [1.29, 1.82) is 0 Å². The molecule has 14 heavy (non-hydrogen) atoms. The number of hydrogen-bond acceptors (Lipinski definition) is 2. The van der Waals surface area contributed by atoms with E-state index in [0.29, 0.717) is 6.54 Å². The predicted molar refractivity (Wildman–Crippen MR) is 58.8 cm³/mol. The number of nitrogens with one attached hydrogen (secondary N) is 1. The smallest absolute Gasteiger partial charge is 0.176 e. The van der Waals surface area contributed by atoms with Crippen LogP contribution in [0.4, 0.5) is 0 Å². The van der Waals surface area contributed by atoms with Gasteiger partial charge in [-0.1, -0.05) is 24.1 Å². The molecule has 2 heteroatoms. The first-order valence-corrected chi connectivity index (χ1v) is 4.95. The van der Waals surface area contributed by atoms with E-state index < -0.39 is 0 Å². The van der Waals surface area contributed by atoms with Crippen molar-refractivity contribution in [3.63, 3.8) is 0 Å². The number of carbonyl (C=O) groups excluding carboxylic acids is 1. The molecule has 0 aliphatic rings. The number of carbonyl (C=O) groups is 1. The molecule has 0 saturated carbocycles. The maximum atomic E-state index is 11.6. The molecule has 0 heterocycles. The molecule has 1 aromatic rings. The second kappa shape index (κ2) is 4.91. The molecule has 0 aliphatic heterocycles. The number of benzene rings is 1. The predicted octanol–water partition coefficient (Wildman–Crippen LogP) is 2.10. The van der Waals surface area contributed by atoms with Crippen molar-refractivity contribution in [3.8, 4) is 0 Å². The fourth-order valence-corrected chi connectivity index (χ4v) is 1.48. The normalized spacial score (nSPS) is 10.2. The van der Waals surface area contributed by atoms with Gasteiger partial charge in [0.1, 0.15) is 0 Å². The van der Waals surface area contributed by atoms with Crippen molar-refractivity contribution in [2.45, 2.75) is 20.8 Å². The summed E-state index contributed by atoms with van der Waals surface area (Å²) in [5, 5.41) is 3.04. The first-order valence-electron chi connectivity index (χ1n) is 4.95. The van der Waals surface area contributed by atoms with Crippen LogP contribution in [-0.4, -0.2) is 18.9 Å². The van der Waals surface area contributed by atoms with E-state index in [2.05, 4.69) is 11.4 Å². The number of Topliss-reactive ketones (excluding diaryl/α,β-unsaturated/α-hetero) is 1. The highest BCUT2D eigenvalue weighted by molar-refractivity contribution is 5.97. The number of ketones is 1. The van der Waals surface area contributed by atoms with Gasteiger partial charge in [0, 0.05) is 5.56 Å². The number of hydrogen-bond donors (Lipinski definition) is 1. The Bertz CT molecular complexity index is 311. The minimum Gasteiger partial charge on any atom is -0.310 e. The molecule has 0 aliphatic carbocycles. The zero-order chi connectivity index (χ0) is 10.6. The van der Waals surface area contributed by atoms with Crippen LogP contribution in [0.1, 0.15) is 28.4 Å². The molecule has 0 atom stereocenters. The highest BCUT2D eigenvalue weighted by atomic mass is 16.1. The summed E-state index contributed by atoms with van der Waals surface area (Å²) in [5.41, 5.74) is 3.10. The molecule has 76 valence electrons. The fraction of sp³-hybridized carbons (Fsp3) is 0.417. The molecule has 0 unspecified atom stereocenters. The van der Waals surface area contributed by atoms with Crippen molar-refractivity contribution in [3.05, 3.63) is 34.9 Å². The number of rotatable bonds is 4. The van der Waals surface area contributed by atoms with Crippen molar-refractivity contribution in [2.75, 3.05) is 13.1 Å². The molecule has 1 aromatic carbocycles. The maximum absolute atomic E-state index is 11.6. The summed E-state index contributed by atoms with van der Waals surface area (Å²) in [6.07, 6.45) is 0. The molecule has 0 bridgehead atoms. The standard InChI is InChI=1S/C12H17NO/c1-4-13-8-12(14)11-6-9(2)5-10(3)7-11/h5-7,13H,4,8H2,1-3H3. The average Bonchev–Trinajstić information content (AvgIpc) is 2.12. The highest BCUT2D eigenvalue weighted by Gasteiger charge is 2.05. The van der Waals surface area contributed by atoms with Crippen LogP contribution >= 0.6 is 0 Å². The van der Waals surface area contributed by atoms with E-state index in [-0.39, 0.29) is 5.78 Å². The van der Waals surface area contributed by atoms with Gasteiger partial charge in [-0.2, -0.15) is 0 Å². The van der Waals surface area contributed by atoms with E-state index >= 15 is 0 Å². The van der Waals surface area contributed by atoms with Crippen molar-refractivity contribution >= 4 is 5.78 Å². The molecule has 2 nitrogen and oxygen atoms in total. The molecule has 0 fully saturated rings. The first-order chi connectivity index (χ1) is 6.63. The van der Waals surface area contributed by atoms with Crippen LogP contribution in [0.2, 0.25) is 0 Å². The van der Waals surface area contributed by atoms with Crippen LogP contribution < -0.4 is 5.32 Å². The third-order valence-electron chi connectivity index (χ3n) is 2.08. The van der Waals surface area contributed by atoms with Crippen molar-refractivity contribution in [2.24, 2.45) is 0 Å². The first kappa shape index (κ1) is 10.9. The van der Waals surface area contributed by atoms with E-state index in [4.69, 9.17) is 0 Å². The largest absolute Gasteiger partial charge is 0.310 e. The summed E-state index contributed by atoms with van der Waals surface area (Å²) in [6.45, 7) is 7.28. The van der Waals surface area contributed by atoms with E-state index in [1.165, 1.54) is 0 Å². The maximum Gasteiger partial charge on any atom is 0.176 e. The minimum atomic E-state index is 0.165. The molecular formula is C12H17NO. The van der Waals surface area contributed by atoms with Gasteiger partial charge in [0.25, 0.3) is 0 Å². The van der Waals surface area contributed by atoms with Crippen LogP contribution in [0.15, 0.2) is 18.2 Å². The van der Waals surface area contributed by atoms with Gasteiger partial charge in [-0.15, -0.1) is 0 Å². The zero-order valence-corrected chi connectivity index (χ0v) is 9.05. The third-order valence-corrected chi connectivity index (χ3v) is 2.08. The van der Waals surface area contributed by atoms with Gasteiger partial charge in [-0.05, 0) is 32.5 Å². The lowest BCUT2D eigenvalue weighted by Crippen LogP contribution is -2.22. The summed E-state index contributed by atoms with van der Waals surface area (Å²) in [6, 6.07) is 5.95. The molecule has 0 saturated heterocycles. The van der Waals surface area contributed by atoms with Crippen LogP contribution in [0.5, 0.6) is 0 Å². The van der Waals surface area contributed by atoms with Gasteiger partial charge in [0.2, 0.25) is 0 Å². The third kappa shape index (κ3) is 2.96. The van der Waals surface area contributed by atoms with Gasteiger partial charge in [-0.3, -0.25) is 4.79 Å². The van der Waals surface area contributed by atoms with Gasteiger partial charge in [-0.25, -0.2) is 0 Å². The van der Waals surface area contributed by atoms with Crippen LogP contribution in [0, 0.1) is 13.8 Å². The topological polar surface area (TPSA) is 29.1 Å². The Labute approximate surface area is 85.3 Å². The fourth-order valence-electron chi connectivity index (χ4n) is 1.48. The van der Waals surface area contributed by atoms with Crippen LogP contribution in [0.3, 0.4) is 0 Å². The quantitative estimate of drug-likeness (QED) is 0.738. The molecule has 1 N–H and O–H groups in total. The lowest BCUT2D eigenvalue weighted by Gasteiger charge is -2.04. The Kier molecular flexibility index (Phi) is 3.84. The Morgan fingerprint density at radius 1 is 1.21 bits per heavy atom. The van der Waals surface area contributed by atoms with E-state index in [9.17, 15) is 4.79 Å². The summed E-state index contributed by atoms with van der Waals surface area (Å²) in [4.78, 5) is 11.6. The summed E-state index contributed by atoms with van der Waals surface area (Å²) in [5.74, 6) is 0.165. The van der Waals surface area contributed by atoms with Crippen molar-refractivity contribution < 1.29 is 4.79 Å². The van der Waals surface area contributed by atoms with Gasteiger partial charge in [0.05, 0.1) is 6.54 Å². The Hall–Kier alpha value is -1.15. The summed E-state index contributed by atoms with van der Waals surface area (Å²) >= 11 is 0. The van der Waals surface area contributed by atoms with E-state index in [0.717, 1.165) is 23.2 Å². The lowest BCUT2D eigenvalue weighted by molar-refractivity contribution is 0.0991. The monoisotopic (exact) mass is 191 g/mol. The van der Waals surface area contributed by atoms with E-state index in [1.54, 1.807) is 0 Å². The van der Waals surface area contributed by atoms with Gasteiger partial charge >= 0.3 is 0 Å². The second-order valence-electron chi connectivity index (χ2n) is 3.58. The summed E-state index contributed by atoms with van der Waals surface area (Å²) < 4.78 is 0. The SMILES string of the molecule is CCNCC(=O)c1cc(C)cc(C)c1. The highest BCUT2D eigenvalue weighted by Crippen LogP contribution is 2.09. The van der Waals surface area contributed by atoms with Gasteiger partial charge in [0.15, 0.2) is 5.78 Å². The van der Waals surface area contributed by atoms with Crippen LogP contribution in [0.25, 0.3) is 0 Å². The number of aryl methyl sites for hydroxylation is 2. The van der Waals surface area contributed by atoms with Crippen molar-refractivity contribution in [1.82, 2.24) is 5.32 Å². The molecule has 0 amide bonds. The zero-order valence-electron chi connectivity index (χ0n) is 9.05. The minimum absolute atomic E-state index is 0.165. The van der Waals surface area contributed by atoms with Gasteiger partial charge < -0.3 is 5.32 Å². The Balaban J connectivity index is 2.79. The molecular weight excluding hydrogens is 174 g/mol. The molecule has 0 aromatic heterocycles. The lowest BCUT2D eigenvalue weighted by atomic mass is 10.0. The number of likely N-dealkylation sites (N-methyl/N-ethyl adjacent to an activating group) is 1. The molecule has 1 rings (SSSR count).